The van der Waals surface area contributed by atoms with E-state index in [-0.39, 0.29) is 23.7 Å². The average molecular weight is 256 g/mol. The molecule has 0 aliphatic carbocycles. The standard InChI is InChI=1S/C10H12F3NO.ClH/c1-2-6-4-3-5-7(8(6)15)9(14)10(11,12)13;/h3-5,9,15H,2,14H2,1H3;1H/t9-;/m0./s1. The van der Waals surface area contributed by atoms with Gasteiger partial charge in [-0.15, -0.1) is 12.4 Å². The minimum Gasteiger partial charge on any atom is -0.507 e. The fourth-order valence-electron chi connectivity index (χ4n) is 1.32. The van der Waals surface area contributed by atoms with E-state index in [0.29, 0.717) is 12.0 Å². The predicted molar refractivity (Wildman–Crippen MR) is 57.7 cm³/mol. The number of hydrogen-bond donors (Lipinski definition) is 2. The molecule has 6 heteroatoms. The van der Waals surface area contributed by atoms with Crippen LogP contribution in [0.25, 0.3) is 0 Å². The third-order valence-electron chi connectivity index (χ3n) is 2.22. The highest BCUT2D eigenvalue weighted by Gasteiger charge is 2.39. The first-order valence-corrected chi connectivity index (χ1v) is 4.51. The summed E-state index contributed by atoms with van der Waals surface area (Å²) in [5.41, 5.74) is 5.20. The fourth-order valence-corrected chi connectivity index (χ4v) is 1.32. The van der Waals surface area contributed by atoms with E-state index in [4.69, 9.17) is 5.73 Å². The molecule has 0 amide bonds. The molecule has 0 bridgehead atoms. The molecule has 0 spiro atoms. The van der Waals surface area contributed by atoms with E-state index in [1.54, 1.807) is 13.0 Å². The number of benzene rings is 1. The lowest BCUT2D eigenvalue weighted by Gasteiger charge is -2.18. The van der Waals surface area contributed by atoms with Crippen LogP contribution in [-0.2, 0) is 6.42 Å². The minimum absolute atomic E-state index is 0. The monoisotopic (exact) mass is 255 g/mol. The molecule has 92 valence electrons. The summed E-state index contributed by atoms with van der Waals surface area (Å²) in [5.74, 6) is -0.357. The van der Waals surface area contributed by atoms with Crippen LogP contribution >= 0.6 is 12.4 Å². The van der Waals surface area contributed by atoms with Gasteiger partial charge in [0, 0.05) is 5.56 Å². The molecule has 0 saturated carbocycles. The molecule has 0 aliphatic heterocycles. The normalized spacial score (nSPS) is 13.1. The quantitative estimate of drug-likeness (QED) is 0.854. The van der Waals surface area contributed by atoms with Crippen LogP contribution in [0.3, 0.4) is 0 Å². The van der Waals surface area contributed by atoms with E-state index in [1.807, 2.05) is 0 Å². The zero-order valence-corrected chi connectivity index (χ0v) is 9.40. The Hall–Kier alpha value is -0.940. The maximum Gasteiger partial charge on any atom is 0.407 e. The number of halogens is 4. The number of rotatable bonds is 2. The number of nitrogens with two attached hydrogens (primary N) is 1. The molecule has 2 nitrogen and oxygen atoms in total. The van der Waals surface area contributed by atoms with E-state index in [9.17, 15) is 18.3 Å². The van der Waals surface area contributed by atoms with Gasteiger partial charge in [0.2, 0.25) is 0 Å². The SMILES string of the molecule is CCc1cccc([C@H](N)C(F)(F)F)c1O.Cl. The largest absolute Gasteiger partial charge is 0.507 e. The maximum absolute atomic E-state index is 12.3. The summed E-state index contributed by atoms with van der Waals surface area (Å²) in [5, 5.41) is 9.54. The summed E-state index contributed by atoms with van der Waals surface area (Å²) >= 11 is 0. The Bertz CT molecular complexity index is 354. The van der Waals surface area contributed by atoms with Crippen LogP contribution < -0.4 is 5.73 Å². The molecule has 1 aromatic carbocycles. The number of alkyl halides is 3. The third-order valence-corrected chi connectivity index (χ3v) is 2.22. The van der Waals surface area contributed by atoms with Gasteiger partial charge in [0.05, 0.1) is 0 Å². The van der Waals surface area contributed by atoms with Crippen molar-refractivity contribution in [3.63, 3.8) is 0 Å². The molecule has 1 atom stereocenters. The number of para-hydroxylation sites is 1. The van der Waals surface area contributed by atoms with E-state index in [0.717, 1.165) is 0 Å². The third kappa shape index (κ3) is 3.02. The smallest absolute Gasteiger partial charge is 0.407 e. The first-order valence-electron chi connectivity index (χ1n) is 4.51. The van der Waals surface area contributed by atoms with Gasteiger partial charge in [-0.25, -0.2) is 0 Å². The van der Waals surface area contributed by atoms with E-state index in [2.05, 4.69) is 0 Å². The average Bonchev–Trinajstić information content (AvgIpc) is 2.16. The first-order chi connectivity index (χ1) is 6.88. The summed E-state index contributed by atoms with van der Waals surface area (Å²) in [6.45, 7) is 1.75. The number of phenolic OH excluding ortho intramolecular Hbond substituents is 1. The van der Waals surface area contributed by atoms with Crippen LogP contribution in [0.1, 0.15) is 24.1 Å². The molecule has 0 radical (unpaired) electrons. The number of hydrogen-bond acceptors (Lipinski definition) is 2. The van der Waals surface area contributed by atoms with Gasteiger partial charge in [-0.05, 0) is 12.0 Å². The van der Waals surface area contributed by atoms with Gasteiger partial charge in [0.15, 0.2) is 0 Å². The van der Waals surface area contributed by atoms with Crippen LogP contribution in [0.4, 0.5) is 13.2 Å². The van der Waals surface area contributed by atoms with Gasteiger partial charge in [-0.2, -0.15) is 13.2 Å². The summed E-state index contributed by atoms with van der Waals surface area (Å²) < 4.78 is 36.9. The van der Waals surface area contributed by atoms with E-state index in [1.165, 1.54) is 12.1 Å². The molecule has 3 N–H and O–H groups in total. The Morgan fingerprint density at radius 2 is 1.94 bits per heavy atom. The van der Waals surface area contributed by atoms with Gasteiger partial charge in [-0.1, -0.05) is 25.1 Å². The van der Waals surface area contributed by atoms with Crippen molar-refractivity contribution >= 4 is 12.4 Å². The summed E-state index contributed by atoms with van der Waals surface area (Å²) in [4.78, 5) is 0. The van der Waals surface area contributed by atoms with Gasteiger partial charge < -0.3 is 10.8 Å². The van der Waals surface area contributed by atoms with Crippen LogP contribution in [0.5, 0.6) is 5.75 Å². The molecule has 1 rings (SSSR count). The predicted octanol–water partition coefficient (Wildman–Crippen LogP) is 2.94. The molecule has 0 saturated heterocycles. The lowest BCUT2D eigenvalue weighted by molar-refractivity contribution is -0.149. The molecule has 0 aromatic heterocycles. The Morgan fingerprint density at radius 1 is 1.38 bits per heavy atom. The Labute approximate surface area is 97.7 Å². The van der Waals surface area contributed by atoms with Crippen LogP contribution in [0.2, 0.25) is 0 Å². The number of aromatic hydroxyl groups is 1. The number of aryl methyl sites for hydroxylation is 1. The molecular weight excluding hydrogens is 243 g/mol. The Morgan fingerprint density at radius 3 is 2.38 bits per heavy atom. The zero-order valence-electron chi connectivity index (χ0n) is 8.58. The highest BCUT2D eigenvalue weighted by Crippen LogP contribution is 2.36. The lowest BCUT2D eigenvalue weighted by atomic mass is 10.0. The zero-order chi connectivity index (χ0) is 11.6. The van der Waals surface area contributed by atoms with E-state index >= 15 is 0 Å². The van der Waals surface area contributed by atoms with Crippen LogP contribution in [0.15, 0.2) is 18.2 Å². The van der Waals surface area contributed by atoms with Crippen molar-refractivity contribution in [3.05, 3.63) is 29.3 Å². The van der Waals surface area contributed by atoms with Gasteiger partial charge >= 0.3 is 6.18 Å². The van der Waals surface area contributed by atoms with Gasteiger partial charge in [0.25, 0.3) is 0 Å². The highest BCUT2D eigenvalue weighted by molar-refractivity contribution is 5.85. The van der Waals surface area contributed by atoms with Crippen molar-refractivity contribution in [1.29, 1.82) is 0 Å². The van der Waals surface area contributed by atoms with Crippen molar-refractivity contribution in [2.45, 2.75) is 25.6 Å². The second-order valence-corrected chi connectivity index (χ2v) is 3.23. The highest BCUT2D eigenvalue weighted by atomic mass is 35.5. The summed E-state index contributed by atoms with van der Waals surface area (Å²) in [7, 11) is 0. The lowest BCUT2D eigenvalue weighted by Crippen LogP contribution is -2.28. The van der Waals surface area contributed by atoms with Crippen molar-refractivity contribution in [2.24, 2.45) is 5.73 Å². The Kier molecular flexibility index (Phi) is 5.09. The molecule has 16 heavy (non-hydrogen) atoms. The second kappa shape index (κ2) is 5.41. The van der Waals surface area contributed by atoms with Crippen LogP contribution in [0, 0.1) is 0 Å². The van der Waals surface area contributed by atoms with Gasteiger partial charge in [0.1, 0.15) is 11.8 Å². The number of phenols is 1. The molecule has 0 unspecified atom stereocenters. The van der Waals surface area contributed by atoms with E-state index < -0.39 is 12.2 Å². The molecule has 0 aliphatic rings. The van der Waals surface area contributed by atoms with Gasteiger partial charge in [-0.3, -0.25) is 0 Å². The molecule has 0 fully saturated rings. The molecule has 0 heterocycles. The van der Waals surface area contributed by atoms with Crippen molar-refractivity contribution in [1.82, 2.24) is 0 Å². The first kappa shape index (κ1) is 15.1. The minimum atomic E-state index is -4.54. The topological polar surface area (TPSA) is 46.2 Å². The van der Waals surface area contributed by atoms with Crippen molar-refractivity contribution in [2.75, 3.05) is 0 Å². The fraction of sp³-hybridized carbons (Fsp3) is 0.400. The summed E-state index contributed by atoms with van der Waals surface area (Å²) in [6, 6.07) is 2.08. The Balaban J connectivity index is 0.00000225. The van der Waals surface area contributed by atoms with Crippen LogP contribution in [-0.4, -0.2) is 11.3 Å². The molecule has 1 aromatic rings. The van der Waals surface area contributed by atoms with Crippen molar-refractivity contribution < 1.29 is 18.3 Å². The molecular formula is C10H13ClF3NO. The van der Waals surface area contributed by atoms with Crippen molar-refractivity contribution in [3.8, 4) is 5.75 Å². The summed E-state index contributed by atoms with van der Waals surface area (Å²) in [6.07, 6.45) is -4.08. The second-order valence-electron chi connectivity index (χ2n) is 3.23. The maximum atomic E-state index is 12.3.